The van der Waals surface area contributed by atoms with Gasteiger partial charge >= 0.3 is 0 Å². The van der Waals surface area contributed by atoms with Crippen molar-refractivity contribution in [2.24, 2.45) is 23.7 Å². The van der Waals surface area contributed by atoms with E-state index in [0.717, 1.165) is 23.7 Å². The van der Waals surface area contributed by atoms with Crippen LogP contribution >= 0.6 is 0 Å². The molecule has 1 heteroatoms. The second-order valence-corrected chi connectivity index (χ2v) is 10.8. The average Bonchev–Trinajstić information content (AvgIpc) is 3.38. The van der Waals surface area contributed by atoms with Crippen LogP contribution in [0, 0.1) is 23.7 Å². The zero-order chi connectivity index (χ0) is 20.2. The highest BCUT2D eigenvalue weighted by atomic mass is 14.7. The summed E-state index contributed by atoms with van der Waals surface area (Å²) < 4.78 is 0. The summed E-state index contributed by atoms with van der Waals surface area (Å²) in [5.41, 5.74) is 10.5. The molecule has 1 aromatic heterocycles. The van der Waals surface area contributed by atoms with Crippen molar-refractivity contribution < 1.29 is 0 Å². The van der Waals surface area contributed by atoms with Crippen LogP contribution in [-0.4, -0.2) is 4.98 Å². The topological polar surface area (TPSA) is 15.8 Å². The first-order valence-electron chi connectivity index (χ1n) is 12.1. The molecule has 1 N–H and O–H groups in total. The van der Waals surface area contributed by atoms with Crippen LogP contribution in [0.15, 0.2) is 72.9 Å². The van der Waals surface area contributed by atoms with Crippen LogP contribution in [0.25, 0.3) is 33.2 Å². The predicted octanol–water partition coefficient (Wildman–Crippen LogP) is 7.56. The fourth-order valence-electron chi connectivity index (χ4n) is 8.57. The molecule has 4 saturated carbocycles. The van der Waals surface area contributed by atoms with Gasteiger partial charge in [-0.3, -0.25) is 0 Å². The van der Waals surface area contributed by atoms with Gasteiger partial charge in [-0.05, 0) is 119 Å². The Morgan fingerprint density at radius 1 is 0.645 bits per heavy atom. The number of hydrogen-bond acceptors (Lipinski definition) is 0. The van der Waals surface area contributed by atoms with E-state index in [2.05, 4.69) is 71.7 Å². The van der Waals surface area contributed by atoms with Crippen molar-refractivity contribution in [1.29, 1.82) is 0 Å². The highest BCUT2D eigenvalue weighted by Crippen LogP contribution is 2.69. The Labute approximate surface area is 183 Å². The molecule has 31 heavy (non-hydrogen) atoms. The zero-order valence-electron chi connectivity index (χ0n) is 17.8. The van der Waals surface area contributed by atoms with Gasteiger partial charge in [0.25, 0.3) is 0 Å². The number of nitrogens with one attached hydrogen (secondary N) is 1. The molecule has 3 aromatic carbocycles. The Balaban J connectivity index is 1.35. The van der Waals surface area contributed by atoms with Crippen LogP contribution in [-0.2, 0) is 5.41 Å². The maximum Gasteiger partial charge on any atom is 0.0454 e. The highest BCUT2D eigenvalue weighted by Gasteiger charge is 2.61. The molecule has 4 fully saturated rings. The first-order chi connectivity index (χ1) is 15.3. The summed E-state index contributed by atoms with van der Waals surface area (Å²) in [4.78, 5) is 3.32. The third kappa shape index (κ3) is 2.03. The second-order valence-electron chi connectivity index (χ2n) is 10.8. The minimum Gasteiger partial charge on any atom is -0.361 e. The second kappa shape index (κ2) is 5.71. The Hall–Kier alpha value is -2.80. The number of benzene rings is 3. The van der Waals surface area contributed by atoms with E-state index in [1.165, 1.54) is 65.3 Å². The predicted molar refractivity (Wildman–Crippen MR) is 127 cm³/mol. The summed E-state index contributed by atoms with van der Waals surface area (Å²) in [5.74, 6) is 3.68. The van der Waals surface area contributed by atoms with E-state index >= 15 is 0 Å². The van der Waals surface area contributed by atoms with E-state index in [1.54, 1.807) is 11.1 Å². The molecule has 9 rings (SSSR count). The molecule has 0 saturated heterocycles. The maximum atomic E-state index is 3.32. The van der Waals surface area contributed by atoms with Gasteiger partial charge in [-0.1, -0.05) is 42.5 Å². The molecule has 4 bridgehead atoms. The van der Waals surface area contributed by atoms with Crippen LogP contribution in [0.4, 0.5) is 0 Å². The molecule has 1 heterocycles. The highest BCUT2D eigenvalue weighted by molar-refractivity contribution is 5.88. The molecule has 1 spiro atoms. The van der Waals surface area contributed by atoms with E-state index in [9.17, 15) is 0 Å². The van der Waals surface area contributed by atoms with Gasteiger partial charge in [0.05, 0.1) is 0 Å². The van der Waals surface area contributed by atoms with Gasteiger partial charge in [0.1, 0.15) is 0 Å². The lowest BCUT2D eigenvalue weighted by atomic mass is 9.43. The lowest BCUT2D eigenvalue weighted by Gasteiger charge is -2.61. The van der Waals surface area contributed by atoms with Crippen molar-refractivity contribution in [3.8, 4) is 22.3 Å². The first kappa shape index (κ1) is 16.8. The number of rotatable bonds is 1. The molecule has 0 aliphatic heterocycles. The minimum absolute atomic E-state index is 0.280. The van der Waals surface area contributed by atoms with Crippen molar-refractivity contribution in [3.05, 3.63) is 84.1 Å². The lowest BCUT2D eigenvalue weighted by molar-refractivity contribution is -0.0399. The standard InChI is InChI=1S/C30H27N/c1-2-4-27-25(3-1)26-17-21(20-6-8-29-22(16-20)9-10-31-29)5-7-28(26)30(27)23-12-18-11-19(14-23)15-24(30)13-18/h1-10,16-19,23-24,31H,11-15H2. The number of H-pyrrole nitrogens is 1. The van der Waals surface area contributed by atoms with Crippen LogP contribution < -0.4 is 0 Å². The van der Waals surface area contributed by atoms with Crippen LogP contribution in [0.3, 0.4) is 0 Å². The fourth-order valence-corrected chi connectivity index (χ4v) is 8.57. The van der Waals surface area contributed by atoms with Gasteiger partial charge in [-0.25, -0.2) is 0 Å². The average molecular weight is 402 g/mol. The Morgan fingerprint density at radius 2 is 1.35 bits per heavy atom. The van der Waals surface area contributed by atoms with Crippen molar-refractivity contribution in [2.45, 2.75) is 37.5 Å². The summed E-state index contributed by atoms with van der Waals surface area (Å²) in [6.45, 7) is 0. The molecule has 0 unspecified atom stereocenters. The molecular formula is C30H27N. The molecule has 1 nitrogen and oxygen atoms in total. The van der Waals surface area contributed by atoms with E-state index < -0.39 is 0 Å². The fraction of sp³-hybridized carbons (Fsp3) is 0.333. The lowest BCUT2D eigenvalue weighted by Crippen LogP contribution is -2.55. The molecule has 5 aliphatic rings. The smallest absolute Gasteiger partial charge is 0.0454 e. The van der Waals surface area contributed by atoms with E-state index in [-0.39, 0.29) is 5.41 Å². The van der Waals surface area contributed by atoms with Crippen molar-refractivity contribution in [3.63, 3.8) is 0 Å². The summed E-state index contributed by atoms with van der Waals surface area (Å²) in [6, 6.07) is 25.8. The summed E-state index contributed by atoms with van der Waals surface area (Å²) >= 11 is 0. The van der Waals surface area contributed by atoms with E-state index in [0.29, 0.717) is 0 Å². The first-order valence-corrected chi connectivity index (χ1v) is 12.1. The number of fused-ring (bicyclic) bond motifs is 4. The van der Waals surface area contributed by atoms with Crippen molar-refractivity contribution in [1.82, 2.24) is 4.98 Å². The van der Waals surface area contributed by atoms with Crippen LogP contribution in [0.1, 0.15) is 43.2 Å². The Kier molecular flexibility index (Phi) is 3.10. The number of aromatic amines is 1. The molecule has 0 amide bonds. The van der Waals surface area contributed by atoms with Crippen molar-refractivity contribution in [2.75, 3.05) is 0 Å². The SMILES string of the molecule is c1ccc2c(c1)-c1cc(-c3ccc4[nH]ccc4c3)ccc1C21C2CC3CC(C2)CC1C3. The zero-order valence-corrected chi connectivity index (χ0v) is 17.8. The third-order valence-corrected chi connectivity index (χ3v) is 9.44. The van der Waals surface area contributed by atoms with Gasteiger partial charge in [-0.15, -0.1) is 0 Å². The molecule has 4 aromatic rings. The molecule has 0 radical (unpaired) electrons. The molecule has 0 atom stereocenters. The van der Waals surface area contributed by atoms with E-state index in [1.807, 2.05) is 6.20 Å². The monoisotopic (exact) mass is 401 g/mol. The molecule has 152 valence electrons. The minimum atomic E-state index is 0.280. The normalized spacial score (nSPS) is 32.0. The summed E-state index contributed by atoms with van der Waals surface area (Å²) in [5, 5.41) is 1.29. The molecule has 5 aliphatic carbocycles. The van der Waals surface area contributed by atoms with Gasteiger partial charge in [0.2, 0.25) is 0 Å². The summed E-state index contributed by atoms with van der Waals surface area (Å²) in [7, 11) is 0. The van der Waals surface area contributed by atoms with Crippen molar-refractivity contribution >= 4 is 10.9 Å². The number of aromatic nitrogens is 1. The third-order valence-electron chi connectivity index (χ3n) is 9.44. The van der Waals surface area contributed by atoms with Gasteiger partial charge < -0.3 is 4.98 Å². The molecular weight excluding hydrogens is 374 g/mol. The largest absolute Gasteiger partial charge is 0.361 e. The van der Waals surface area contributed by atoms with Gasteiger partial charge in [0, 0.05) is 17.1 Å². The van der Waals surface area contributed by atoms with E-state index in [4.69, 9.17) is 0 Å². The van der Waals surface area contributed by atoms with Crippen LogP contribution in [0.5, 0.6) is 0 Å². The maximum absolute atomic E-state index is 3.32. The van der Waals surface area contributed by atoms with Crippen LogP contribution in [0.2, 0.25) is 0 Å². The quantitative estimate of drug-likeness (QED) is 0.339. The van der Waals surface area contributed by atoms with Gasteiger partial charge in [-0.2, -0.15) is 0 Å². The number of hydrogen-bond donors (Lipinski definition) is 1. The van der Waals surface area contributed by atoms with Gasteiger partial charge in [0.15, 0.2) is 0 Å². The Morgan fingerprint density at radius 3 is 2.19 bits per heavy atom. The summed E-state index contributed by atoms with van der Waals surface area (Å²) in [6.07, 6.45) is 9.35. The Bertz CT molecular complexity index is 1330.